The van der Waals surface area contributed by atoms with Crippen molar-refractivity contribution >= 4 is 34.2 Å². The number of aromatic nitrogens is 1. The molecule has 0 bridgehead atoms. The zero-order valence-corrected chi connectivity index (χ0v) is 17.7. The molecule has 1 spiro atoms. The smallest absolute Gasteiger partial charge is 0.200 e. The maximum Gasteiger partial charge on any atom is 0.200 e. The number of benzene rings is 1. The molecule has 0 amide bonds. The number of nitrogens with zero attached hydrogens (tertiary/aromatic N) is 2. The predicted molar refractivity (Wildman–Crippen MR) is 115 cm³/mol. The maximum atomic E-state index is 15.2. The molecule has 4 aliphatic rings. The Hall–Kier alpha value is -2.03. The number of hydrogen-bond donors (Lipinski definition) is 1. The van der Waals surface area contributed by atoms with Crippen LogP contribution in [0.5, 0.6) is 0 Å². The lowest BCUT2D eigenvalue weighted by Gasteiger charge is -2.38. The van der Waals surface area contributed by atoms with E-state index < -0.39 is 5.79 Å². The van der Waals surface area contributed by atoms with Crippen LogP contribution < -0.4 is 15.1 Å². The van der Waals surface area contributed by atoms with Crippen molar-refractivity contribution in [2.24, 2.45) is 0 Å². The molecule has 1 aromatic heterocycles. The van der Waals surface area contributed by atoms with E-state index in [0.717, 1.165) is 29.1 Å². The molecule has 2 saturated heterocycles. The van der Waals surface area contributed by atoms with E-state index in [9.17, 15) is 4.79 Å². The second-order valence-electron chi connectivity index (χ2n) is 8.43. The number of hydrogen-bond acceptors (Lipinski definition) is 6. The minimum Gasteiger partial charge on any atom is -0.369 e. The highest BCUT2D eigenvalue weighted by atomic mass is 32.2. The Morgan fingerprint density at radius 3 is 2.63 bits per heavy atom. The van der Waals surface area contributed by atoms with Gasteiger partial charge >= 0.3 is 0 Å². The van der Waals surface area contributed by atoms with E-state index >= 15 is 4.39 Å². The Morgan fingerprint density at radius 1 is 1.23 bits per heavy atom. The molecule has 3 aliphatic heterocycles. The largest absolute Gasteiger partial charge is 0.369 e. The summed E-state index contributed by atoms with van der Waals surface area (Å²) in [7, 11) is 0. The highest BCUT2D eigenvalue weighted by Gasteiger charge is 2.40. The van der Waals surface area contributed by atoms with E-state index in [2.05, 4.69) is 14.2 Å². The average molecular weight is 430 g/mol. The number of halogens is 1. The van der Waals surface area contributed by atoms with Crippen LogP contribution in [0.25, 0.3) is 16.6 Å². The van der Waals surface area contributed by atoms with E-state index in [-0.39, 0.29) is 11.2 Å². The van der Waals surface area contributed by atoms with Crippen molar-refractivity contribution < 1.29 is 13.9 Å². The second kappa shape index (κ2) is 6.73. The first-order chi connectivity index (χ1) is 14.6. The third-order valence-corrected chi connectivity index (χ3v) is 7.55. The van der Waals surface area contributed by atoms with Crippen molar-refractivity contribution in [3.63, 3.8) is 0 Å². The van der Waals surface area contributed by atoms with Gasteiger partial charge in [-0.1, -0.05) is 6.08 Å². The summed E-state index contributed by atoms with van der Waals surface area (Å²) in [5.74, 6) is -0.835. The monoisotopic (exact) mass is 429 g/mol. The second-order valence-corrected chi connectivity index (χ2v) is 9.23. The summed E-state index contributed by atoms with van der Waals surface area (Å²) in [6.07, 6.45) is 5.52. The van der Waals surface area contributed by atoms with Crippen LogP contribution in [-0.2, 0) is 9.47 Å². The first kappa shape index (κ1) is 18.7. The highest BCUT2D eigenvalue weighted by molar-refractivity contribution is 7.98. The fraction of sp³-hybridized carbons (Fsp3) is 0.500. The molecule has 0 atom stereocenters. The van der Waals surface area contributed by atoms with Crippen LogP contribution in [0.3, 0.4) is 0 Å². The van der Waals surface area contributed by atoms with Gasteiger partial charge in [0.1, 0.15) is 10.8 Å². The van der Waals surface area contributed by atoms with Crippen molar-refractivity contribution in [3.05, 3.63) is 39.8 Å². The molecule has 1 saturated carbocycles. The summed E-state index contributed by atoms with van der Waals surface area (Å²) in [6.45, 7) is 4.50. The fourth-order valence-corrected chi connectivity index (χ4v) is 5.98. The van der Waals surface area contributed by atoms with Crippen LogP contribution >= 0.6 is 11.9 Å². The zero-order valence-electron chi connectivity index (χ0n) is 16.9. The Morgan fingerprint density at radius 2 is 1.97 bits per heavy atom. The normalized spacial score (nSPS) is 24.1. The lowest BCUT2D eigenvalue weighted by molar-refractivity contribution is -0.169. The summed E-state index contributed by atoms with van der Waals surface area (Å²) >= 11 is 1.49. The van der Waals surface area contributed by atoms with Crippen LogP contribution in [0.2, 0.25) is 0 Å². The lowest BCUT2D eigenvalue weighted by Crippen LogP contribution is -2.45. The van der Waals surface area contributed by atoms with Gasteiger partial charge in [-0.2, -0.15) is 0 Å². The van der Waals surface area contributed by atoms with Crippen molar-refractivity contribution in [1.29, 1.82) is 0 Å². The quantitative estimate of drug-likeness (QED) is 0.733. The predicted octanol–water partition coefficient (Wildman–Crippen LogP) is 3.79. The minimum atomic E-state index is -0.494. The van der Waals surface area contributed by atoms with Crippen molar-refractivity contribution in [2.45, 2.75) is 49.5 Å². The summed E-state index contributed by atoms with van der Waals surface area (Å²) in [4.78, 5) is 15.3. The Bertz CT molecular complexity index is 1120. The Balaban J connectivity index is 1.47. The molecule has 6 rings (SSSR count). The van der Waals surface area contributed by atoms with Gasteiger partial charge in [-0.3, -0.25) is 4.79 Å². The summed E-state index contributed by atoms with van der Waals surface area (Å²) in [5.41, 5.74) is 2.78. The molecule has 1 aliphatic carbocycles. The number of piperidine rings is 1. The topological polar surface area (TPSA) is 55.7 Å². The van der Waals surface area contributed by atoms with E-state index in [1.165, 1.54) is 18.0 Å². The first-order valence-corrected chi connectivity index (χ1v) is 11.5. The minimum absolute atomic E-state index is 0.0988. The number of rotatable bonds is 2. The standard InChI is InChI=1S/C22H24FN3O3S/c1-2-16-19-20(27)14-11-15(23)18(25-7-5-22(6-8-25)28-9-10-29-22)12-17(14)26(13-3-4-13)21(19)30-24-16/h2,11-13,24H,3-10H2,1H3/b16-2+. The third kappa shape index (κ3) is 2.73. The fourth-order valence-electron chi connectivity index (χ4n) is 4.90. The van der Waals surface area contributed by atoms with Gasteiger partial charge in [0.15, 0.2) is 11.2 Å². The number of ether oxygens (including phenoxy) is 2. The SMILES string of the molecule is C/C=C1/NSc2c1c(=O)c1cc(F)c(N3CCC4(CC3)OCCO4)cc1n2C1CC1. The number of anilines is 1. The van der Waals surface area contributed by atoms with Crippen molar-refractivity contribution in [1.82, 2.24) is 9.29 Å². The molecule has 1 N–H and O–H groups in total. The van der Waals surface area contributed by atoms with Crippen LogP contribution in [0.1, 0.15) is 44.2 Å². The van der Waals surface area contributed by atoms with Gasteiger partial charge in [-0.15, -0.1) is 0 Å². The first-order valence-electron chi connectivity index (χ1n) is 10.6. The zero-order chi connectivity index (χ0) is 20.5. The van der Waals surface area contributed by atoms with Gasteiger partial charge in [0.25, 0.3) is 0 Å². The van der Waals surface area contributed by atoms with E-state index in [0.29, 0.717) is 61.8 Å². The van der Waals surface area contributed by atoms with Crippen LogP contribution in [0.4, 0.5) is 10.1 Å². The molecular weight excluding hydrogens is 405 g/mol. The summed E-state index contributed by atoms with van der Waals surface area (Å²) in [5, 5.41) is 1.41. The van der Waals surface area contributed by atoms with E-state index in [1.54, 1.807) is 0 Å². The number of fused-ring (bicyclic) bond motifs is 2. The van der Waals surface area contributed by atoms with Crippen molar-refractivity contribution in [2.75, 3.05) is 31.2 Å². The maximum absolute atomic E-state index is 15.2. The molecule has 3 fully saturated rings. The Kier molecular flexibility index (Phi) is 4.20. The molecule has 0 radical (unpaired) electrons. The van der Waals surface area contributed by atoms with Gasteiger partial charge < -0.3 is 23.7 Å². The molecule has 0 unspecified atom stereocenters. The molecule has 2 aromatic rings. The highest BCUT2D eigenvalue weighted by Crippen LogP contribution is 2.45. The van der Waals surface area contributed by atoms with Crippen LogP contribution in [0.15, 0.2) is 28.0 Å². The average Bonchev–Trinajstić information content (AvgIpc) is 3.34. The summed E-state index contributed by atoms with van der Waals surface area (Å²) in [6, 6.07) is 3.69. The van der Waals surface area contributed by atoms with Gasteiger partial charge in [0.05, 0.1) is 35.7 Å². The van der Waals surface area contributed by atoms with E-state index in [4.69, 9.17) is 9.47 Å². The molecule has 158 valence electrons. The number of nitrogens with one attached hydrogen (secondary N) is 1. The lowest BCUT2D eigenvalue weighted by atomic mass is 10.0. The van der Waals surface area contributed by atoms with Gasteiger partial charge in [0, 0.05) is 49.3 Å². The van der Waals surface area contributed by atoms with Gasteiger partial charge in [-0.25, -0.2) is 4.39 Å². The molecular formula is C22H24FN3O3S. The van der Waals surface area contributed by atoms with Crippen LogP contribution in [-0.4, -0.2) is 36.7 Å². The molecule has 30 heavy (non-hydrogen) atoms. The van der Waals surface area contributed by atoms with Crippen LogP contribution in [0, 0.1) is 5.82 Å². The molecule has 8 heteroatoms. The number of allylic oxidation sites excluding steroid dienone is 1. The molecule has 1 aromatic carbocycles. The number of pyridine rings is 1. The third-order valence-electron chi connectivity index (χ3n) is 6.64. The molecule has 6 nitrogen and oxygen atoms in total. The Labute approximate surface area is 178 Å². The van der Waals surface area contributed by atoms with Gasteiger partial charge in [-0.05, 0) is 31.9 Å². The summed E-state index contributed by atoms with van der Waals surface area (Å²) < 4.78 is 32.4. The molecule has 4 heterocycles. The van der Waals surface area contributed by atoms with Crippen molar-refractivity contribution in [3.8, 4) is 0 Å². The van der Waals surface area contributed by atoms with E-state index in [1.807, 2.05) is 19.1 Å². The van der Waals surface area contributed by atoms with Gasteiger partial charge in [0.2, 0.25) is 0 Å².